The fourth-order valence-corrected chi connectivity index (χ4v) is 5.30. The zero-order valence-electron chi connectivity index (χ0n) is 27.8. The molecule has 0 fully saturated rings. The maximum Gasteiger partial charge on any atom is 0.193 e. The number of carbonyl (C=O) groups is 1. The van der Waals surface area contributed by atoms with Crippen molar-refractivity contribution in [1.29, 1.82) is 0 Å². The number of hydrogen-bond acceptors (Lipinski definition) is 6. The molecule has 0 spiro atoms. The van der Waals surface area contributed by atoms with Crippen molar-refractivity contribution < 1.29 is 28.8 Å². The van der Waals surface area contributed by atoms with Crippen molar-refractivity contribution in [1.82, 2.24) is 0 Å². The highest BCUT2D eigenvalue weighted by Crippen LogP contribution is 2.36. The molecule has 0 amide bonds. The lowest BCUT2D eigenvalue weighted by Crippen LogP contribution is -2.05. The Morgan fingerprint density at radius 1 is 0.540 bits per heavy atom. The number of phenols is 1. The number of aryl methyl sites for hydroxylation is 1. The molecule has 6 rings (SSSR count). The molecular weight excluding hydrogens is 624 g/mol. The van der Waals surface area contributed by atoms with Crippen LogP contribution in [0.5, 0.6) is 28.7 Å². The molecule has 6 aromatic rings. The molecule has 6 nitrogen and oxygen atoms in total. The molecule has 0 aliphatic carbocycles. The van der Waals surface area contributed by atoms with Crippen molar-refractivity contribution in [2.75, 3.05) is 0 Å². The molecule has 0 heterocycles. The van der Waals surface area contributed by atoms with Crippen molar-refractivity contribution in [2.24, 2.45) is 0 Å². The van der Waals surface area contributed by atoms with Gasteiger partial charge in [0.05, 0.1) is 0 Å². The SMILES string of the molecule is Cc1cc(OCc2ccccc2)c(OCc2ccccc2)cc1/C=C/C(=O)c1c(O)cc(OCc2ccccc2)cc1OCc1ccccc1. The van der Waals surface area contributed by atoms with Crippen LogP contribution < -0.4 is 18.9 Å². The number of rotatable bonds is 15. The summed E-state index contributed by atoms with van der Waals surface area (Å²) in [6, 6.07) is 46.1. The first kappa shape index (κ1) is 33.6. The van der Waals surface area contributed by atoms with Gasteiger partial charge in [0.2, 0.25) is 0 Å². The topological polar surface area (TPSA) is 74.2 Å². The summed E-state index contributed by atoms with van der Waals surface area (Å²) in [5.74, 6) is 1.11. The van der Waals surface area contributed by atoms with Crippen molar-refractivity contribution in [3.8, 4) is 28.7 Å². The molecule has 0 bridgehead atoms. The molecule has 6 aromatic carbocycles. The van der Waals surface area contributed by atoms with E-state index in [1.165, 1.54) is 12.1 Å². The standard InChI is InChI=1S/C44H38O6/c1-32-24-41(48-29-34-16-8-3-9-17-34)42(49-30-35-18-10-4-11-19-35)25-37(32)22-23-39(45)44-40(46)26-38(47-28-33-14-6-2-7-15-33)27-43(44)50-31-36-20-12-5-13-21-36/h2-27,46H,28-31H2,1H3/b23-22+. The van der Waals surface area contributed by atoms with Gasteiger partial charge in [-0.1, -0.05) is 127 Å². The van der Waals surface area contributed by atoms with Crippen LogP contribution in [0.1, 0.15) is 43.7 Å². The Morgan fingerprint density at radius 3 is 1.44 bits per heavy atom. The lowest BCUT2D eigenvalue weighted by Gasteiger charge is -2.16. The van der Waals surface area contributed by atoms with Crippen LogP contribution in [0.4, 0.5) is 0 Å². The van der Waals surface area contributed by atoms with Gasteiger partial charge in [-0.25, -0.2) is 0 Å². The summed E-state index contributed by atoms with van der Waals surface area (Å²) in [6.07, 6.45) is 3.15. The molecule has 50 heavy (non-hydrogen) atoms. The summed E-state index contributed by atoms with van der Waals surface area (Å²) in [4.78, 5) is 13.8. The van der Waals surface area contributed by atoms with E-state index in [0.29, 0.717) is 37.1 Å². The first-order valence-electron chi connectivity index (χ1n) is 16.4. The van der Waals surface area contributed by atoms with E-state index in [0.717, 1.165) is 33.4 Å². The zero-order valence-corrected chi connectivity index (χ0v) is 27.8. The second-order valence-corrected chi connectivity index (χ2v) is 11.8. The molecule has 0 saturated carbocycles. The minimum atomic E-state index is -0.421. The Hall–Kier alpha value is -6.27. The largest absolute Gasteiger partial charge is 0.507 e. The minimum absolute atomic E-state index is 0.0465. The third-order valence-electron chi connectivity index (χ3n) is 8.01. The van der Waals surface area contributed by atoms with Gasteiger partial charge in [-0.05, 0) is 58.5 Å². The summed E-state index contributed by atoms with van der Waals surface area (Å²) in [6.45, 7) is 3.18. The maximum atomic E-state index is 13.8. The van der Waals surface area contributed by atoms with Gasteiger partial charge >= 0.3 is 0 Å². The zero-order chi connectivity index (χ0) is 34.5. The molecule has 0 aliphatic heterocycles. The van der Waals surface area contributed by atoms with Gasteiger partial charge in [-0.3, -0.25) is 4.79 Å². The number of aromatic hydroxyl groups is 1. The number of hydrogen-bond donors (Lipinski definition) is 1. The first-order valence-corrected chi connectivity index (χ1v) is 16.4. The highest BCUT2D eigenvalue weighted by molar-refractivity contribution is 6.10. The van der Waals surface area contributed by atoms with E-state index >= 15 is 0 Å². The Morgan fingerprint density at radius 2 is 0.960 bits per heavy atom. The van der Waals surface area contributed by atoms with E-state index < -0.39 is 5.78 Å². The number of benzene rings is 6. The number of ether oxygens (including phenoxy) is 4. The van der Waals surface area contributed by atoms with Crippen LogP contribution in [0.15, 0.2) is 152 Å². The number of carbonyl (C=O) groups excluding carboxylic acids is 1. The second-order valence-electron chi connectivity index (χ2n) is 11.8. The first-order chi connectivity index (χ1) is 24.5. The van der Waals surface area contributed by atoms with Crippen LogP contribution >= 0.6 is 0 Å². The summed E-state index contributed by atoms with van der Waals surface area (Å²) in [5.41, 5.74) is 5.65. The van der Waals surface area contributed by atoms with Gasteiger partial charge in [0.1, 0.15) is 49.2 Å². The molecule has 0 radical (unpaired) electrons. The monoisotopic (exact) mass is 662 g/mol. The summed E-state index contributed by atoms with van der Waals surface area (Å²) >= 11 is 0. The molecule has 0 unspecified atom stereocenters. The average molecular weight is 663 g/mol. The van der Waals surface area contributed by atoms with Crippen molar-refractivity contribution in [3.05, 3.63) is 191 Å². The van der Waals surface area contributed by atoms with Crippen LogP contribution in [-0.4, -0.2) is 10.9 Å². The fourth-order valence-electron chi connectivity index (χ4n) is 5.30. The van der Waals surface area contributed by atoms with Crippen LogP contribution in [0.3, 0.4) is 0 Å². The quantitative estimate of drug-likeness (QED) is 0.0872. The third kappa shape index (κ3) is 9.20. The minimum Gasteiger partial charge on any atom is -0.507 e. The Balaban J connectivity index is 1.26. The lowest BCUT2D eigenvalue weighted by atomic mass is 10.0. The van der Waals surface area contributed by atoms with E-state index in [9.17, 15) is 9.90 Å². The predicted molar refractivity (Wildman–Crippen MR) is 196 cm³/mol. The number of ketones is 1. The van der Waals surface area contributed by atoms with E-state index in [2.05, 4.69) is 0 Å². The molecule has 6 heteroatoms. The van der Waals surface area contributed by atoms with Crippen LogP contribution in [-0.2, 0) is 26.4 Å². The number of allylic oxidation sites excluding steroid dienone is 1. The van der Waals surface area contributed by atoms with Gasteiger partial charge < -0.3 is 24.1 Å². The third-order valence-corrected chi connectivity index (χ3v) is 8.01. The van der Waals surface area contributed by atoms with Crippen molar-refractivity contribution >= 4 is 11.9 Å². The summed E-state index contributed by atoms with van der Waals surface area (Å²) in [5, 5.41) is 11.1. The molecule has 0 atom stereocenters. The van der Waals surface area contributed by atoms with Crippen molar-refractivity contribution in [2.45, 2.75) is 33.4 Å². The fraction of sp³-hybridized carbons (Fsp3) is 0.114. The average Bonchev–Trinajstić information content (AvgIpc) is 3.16. The second kappa shape index (κ2) is 16.7. The van der Waals surface area contributed by atoms with E-state index in [1.54, 1.807) is 12.1 Å². The van der Waals surface area contributed by atoms with Gasteiger partial charge in [-0.2, -0.15) is 0 Å². The Kier molecular flexibility index (Phi) is 11.2. The maximum absolute atomic E-state index is 13.8. The normalized spacial score (nSPS) is 10.9. The highest BCUT2D eigenvalue weighted by Gasteiger charge is 2.19. The lowest BCUT2D eigenvalue weighted by molar-refractivity contribution is 0.104. The van der Waals surface area contributed by atoms with Gasteiger partial charge in [0.15, 0.2) is 17.3 Å². The highest BCUT2D eigenvalue weighted by atomic mass is 16.5. The predicted octanol–water partition coefficient (Wildman–Crippen LogP) is 9.91. The van der Waals surface area contributed by atoms with Gasteiger partial charge in [0, 0.05) is 12.1 Å². The van der Waals surface area contributed by atoms with Crippen LogP contribution in [0.2, 0.25) is 0 Å². The van der Waals surface area contributed by atoms with Crippen LogP contribution in [0, 0.1) is 6.92 Å². The van der Waals surface area contributed by atoms with Gasteiger partial charge in [0.25, 0.3) is 0 Å². The molecule has 1 N–H and O–H groups in total. The smallest absolute Gasteiger partial charge is 0.193 e. The van der Waals surface area contributed by atoms with E-state index in [-0.39, 0.29) is 23.7 Å². The number of phenolic OH excluding ortho intramolecular Hbond substituents is 1. The van der Waals surface area contributed by atoms with E-state index in [1.807, 2.05) is 140 Å². The summed E-state index contributed by atoms with van der Waals surface area (Å²) in [7, 11) is 0. The Bertz CT molecular complexity index is 2020. The van der Waals surface area contributed by atoms with E-state index in [4.69, 9.17) is 18.9 Å². The molecule has 250 valence electrons. The molecular formula is C44H38O6. The van der Waals surface area contributed by atoms with Crippen molar-refractivity contribution in [3.63, 3.8) is 0 Å². The molecule has 0 aliphatic rings. The van der Waals surface area contributed by atoms with Gasteiger partial charge in [-0.15, -0.1) is 0 Å². The summed E-state index contributed by atoms with van der Waals surface area (Å²) < 4.78 is 24.6. The molecule has 0 aromatic heterocycles. The molecule has 0 saturated heterocycles. The van der Waals surface area contributed by atoms with Crippen LogP contribution in [0.25, 0.3) is 6.08 Å². The Labute approximate surface area is 292 Å².